The van der Waals surface area contributed by atoms with Crippen LogP contribution in [-0.2, 0) is 9.53 Å². The Kier molecular flexibility index (Phi) is 8.68. The molecular formula is C14H26BrNO2. The second-order valence-electron chi connectivity index (χ2n) is 5.18. The van der Waals surface area contributed by atoms with Gasteiger partial charge in [0.05, 0.1) is 13.2 Å². The lowest BCUT2D eigenvalue weighted by Crippen LogP contribution is -2.31. The van der Waals surface area contributed by atoms with Gasteiger partial charge in [-0.3, -0.25) is 4.79 Å². The van der Waals surface area contributed by atoms with Gasteiger partial charge in [-0.25, -0.2) is 0 Å². The van der Waals surface area contributed by atoms with Crippen LogP contribution in [0.25, 0.3) is 0 Å². The third-order valence-corrected chi connectivity index (χ3v) is 3.98. The number of carbonyl (C=O) groups excluding carboxylic acids is 1. The molecule has 0 unspecified atom stereocenters. The van der Waals surface area contributed by atoms with E-state index in [1.807, 2.05) is 11.9 Å². The highest BCUT2D eigenvalue weighted by Crippen LogP contribution is 2.25. The lowest BCUT2D eigenvalue weighted by atomic mass is 9.96. The summed E-state index contributed by atoms with van der Waals surface area (Å²) in [7, 11) is 1.89. The molecule has 3 nitrogen and oxygen atoms in total. The smallest absolute Gasteiger partial charge is 0.222 e. The van der Waals surface area contributed by atoms with Crippen LogP contribution in [0.15, 0.2) is 0 Å². The molecule has 18 heavy (non-hydrogen) atoms. The average Bonchev–Trinajstić information content (AvgIpc) is 2.63. The van der Waals surface area contributed by atoms with Crippen molar-refractivity contribution in [3.05, 3.63) is 0 Å². The highest BCUT2D eigenvalue weighted by Gasteiger charge is 2.18. The summed E-state index contributed by atoms with van der Waals surface area (Å²) in [5.41, 5.74) is 0. The minimum atomic E-state index is 0.282. The highest BCUT2D eigenvalue weighted by atomic mass is 79.9. The average molecular weight is 320 g/mol. The predicted molar refractivity (Wildman–Crippen MR) is 78.1 cm³/mol. The number of ether oxygens (including phenoxy) is 1. The first-order chi connectivity index (χ1) is 8.74. The first kappa shape index (κ1) is 16.0. The lowest BCUT2D eigenvalue weighted by molar-refractivity contribution is -0.131. The number of amides is 1. The second kappa shape index (κ2) is 9.79. The number of rotatable bonds is 7. The van der Waals surface area contributed by atoms with Crippen molar-refractivity contribution in [2.24, 2.45) is 5.92 Å². The SMILES string of the molecule is CN(CCOCCBr)C(=O)CC1CCCCCC1. The zero-order valence-electron chi connectivity index (χ0n) is 11.5. The number of carbonyl (C=O) groups is 1. The minimum Gasteiger partial charge on any atom is -0.379 e. The molecule has 0 aromatic heterocycles. The molecule has 4 heteroatoms. The summed E-state index contributed by atoms with van der Waals surface area (Å²) >= 11 is 3.31. The molecule has 0 atom stereocenters. The third kappa shape index (κ3) is 6.74. The molecule has 0 heterocycles. The Hall–Kier alpha value is -0.0900. The van der Waals surface area contributed by atoms with Gasteiger partial charge in [0, 0.05) is 25.3 Å². The molecule has 0 radical (unpaired) electrons. The molecule has 106 valence electrons. The first-order valence-electron chi connectivity index (χ1n) is 7.11. The van der Waals surface area contributed by atoms with Gasteiger partial charge < -0.3 is 9.64 Å². The minimum absolute atomic E-state index is 0.282. The summed E-state index contributed by atoms with van der Waals surface area (Å²) in [5.74, 6) is 0.898. The van der Waals surface area contributed by atoms with E-state index < -0.39 is 0 Å². The first-order valence-corrected chi connectivity index (χ1v) is 8.24. The maximum absolute atomic E-state index is 12.0. The van der Waals surface area contributed by atoms with E-state index in [1.54, 1.807) is 0 Å². The number of likely N-dealkylation sites (N-methyl/N-ethyl adjacent to an activating group) is 1. The summed E-state index contributed by atoms with van der Waals surface area (Å²) < 4.78 is 5.37. The molecule has 0 aromatic carbocycles. The number of hydrogen-bond acceptors (Lipinski definition) is 2. The molecule has 0 N–H and O–H groups in total. The summed E-state index contributed by atoms with van der Waals surface area (Å²) in [4.78, 5) is 13.9. The number of halogens is 1. The van der Waals surface area contributed by atoms with Gasteiger partial charge >= 0.3 is 0 Å². The van der Waals surface area contributed by atoms with Crippen molar-refractivity contribution in [3.8, 4) is 0 Å². The van der Waals surface area contributed by atoms with Crippen molar-refractivity contribution < 1.29 is 9.53 Å². The van der Waals surface area contributed by atoms with Crippen molar-refractivity contribution in [2.75, 3.05) is 32.1 Å². The van der Waals surface area contributed by atoms with Crippen LogP contribution in [0.5, 0.6) is 0 Å². The number of nitrogens with zero attached hydrogens (tertiary/aromatic N) is 1. The Morgan fingerprint density at radius 2 is 1.89 bits per heavy atom. The quantitative estimate of drug-likeness (QED) is 0.409. The van der Waals surface area contributed by atoms with Crippen molar-refractivity contribution in [2.45, 2.75) is 44.9 Å². The summed E-state index contributed by atoms with van der Waals surface area (Å²) in [6, 6.07) is 0. The molecule has 1 saturated carbocycles. The molecule has 1 fully saturated rings. The van der Waals surface area contributed by atoms with Crippen LogP contribution in [0.2, 0.25) is 0 Å². The maximum atomic E-state index is 12.0. The second-order valence-corrected chi connectivity index (χ2v) is 5.97. The molecule has 1 rings (SSSR count). The Bertz CT molecular complexity index is 228. The van der Waals surface area contributed by atoms with E-state index in [9.17, 15) is 4.79 Å². The Morgan fingerprint density at radius 1 is 1.22 bits per heavy atom. The van der Waals surface area contributed by atoms with Crippen LogP contribution in [0, 0.1) is 5.92 Å². The summed E-state index contributed by atoms with van der Waals surface area (Å²) in [6.45, 7) is 2.06. The number of hydrogen-bond donors (Lipinski definition) is 0. The van der Waals surface area contributed by atoms with E-state index in [4.69, 9.17) is 4.74 Å². The van der Waals surface area contributed by atoms with Crippen molar-refractivity contribution in [1.82, 2.24) is 4.90 Å². The van der Waals surface area contributed by atoms with Gasteiger partial charge in [0.25, 0.3) is 0 Å². The van der Waals surface area contributed by atoms with Crippen molar-refractivity contribution in [1.29, 1.82) is 0 Å². The fraction of sp³-hybridized carbons (Fsp3) is 0.929. The maximum Gasteiger partial charge on any atom is 0.222 e. The van der Waals surface area contributed by atoms with Gasteiger partial charge in [0.1, 0.15) is 0 Å². The predicted octanol–water partition coefficient (Wildman–Crippen LogP) is 3.22. The fourth-order valence-electron chi connectivity index (χ4n) is 2.45. The van der Waals surface area contributed by atoms with Crippen LogP contribution in [0.4, 0.5) is 0 Å². The molecule has 0 aromatic rings. The standard InChI is InChI=1S/C14H26BrNO2/c1-16(9-11-18-10-8-15)14(17)12-13-6-4-2-3-5-7-13/h13H,2-12H2,1H3. The molecule has 1 aliphatic rings. The molecule has 0 aliphatic heterocycles. The third-order valence-electron chi connectivity index (χ3n) is 3.66. The molecule has 0 bridgehead atoms. The van der Waals surface area contributed by atoms with E-state index in [0.29, 0.717) is 25.7 Å². The zero-order chi connectivity index (χ0) is 13.2. The van der Waals surface area contributed by atoms with Crippen molar-refractivity contribution >= 4 is 21.8 Å². The van der Waals surface area contributed by atoms with Crippen LogP contribution < -0.4 is 0 Å². The molecular weight excluding hydrogens is 294 g/mol. The van der Waals surface area contributed by atoms with Gasteiger partial charge in [-0.1, -0.05) is 41.6 Å². The van der Waals surface area contributed by atoms with Gasteiger partial charge in [0.2, 0.25) is 5.91 Å². The van der Waals surface area contributed by atoms with E-state index >= 15 is 0 Å². The van der Waals surface area contributed by atoms with Crippen LogP contribution in [0.1, 0.15) is 44.9 Å². The van der Waals surface area contributed by atoms with E-state index in [-0.39, 0.29) is 5.91 Å². The van der Waals surface area contributed by atoms with Crippen LogP contribution in [0.3, 0.4) is 0 Å². The van der Waals surface area contributed by atoms with Crippen LogP contribution >= 0.6 is 15.9 Å². The molecule has 1 aliphatic carbocycles. The van der Waals surface area contributed by atoms with Gasteiger partial charge in [0.15, 0.2) is 0 Å². The zero-order valence-corrected chi connectivity index (χ0v) is 13.1. The van der Waals surface area contributed by atoms with Crippen molar-refractivity contribution in [3.63, 3.8) is 0 Å². The van der Waals surface area contributed by atoms with E-state index in [1.165, 1.54) is 38.5 Å². The van der Waals surface area contributed by atoms with Gasteiger partial charge in [-0.2, -0.15) is 0 Å². The Labute approximate surface area is 119 Å². The molecule has 1 amide bonds. The Morgan fingerprint density at radius 3 is 2.50 bits per heavy atom. The van der Waals surface area contributed by atoms with E-state index in [0.717, 1.165) is 11.8 Å². The largest absolute Gasteiger partial charge is 0.379 e. The topological polar surface area (TPSA) is 29.5 Å². The highest BCUT2D eigenvalue weighted by molar-refractivity contribution is 9.09. The summed E-state index contributed by atoms with van der Waals surface area (Å²) in [6.07, 6.45) is 8.50. The normalized spacial score (nSPS) is 17.4. The fourth-order valence-corrected chi connectivity index (χ4v) is 2.68. The monoisotopic (exact) mass is 319 g/mol. The van der Waals surface area contributed by atoms with Gasteiger partial charge in [-0.15, -0.1) is 0 Å². The molecule has 0 spiro atoms. The van der Waals surface area contributed by atoms with E-state index in [2.05, 4.69) is 15.9 Å². The molecule has 0 saturated heterocycles. The lowest BCUT2D eigenvalue weighted by Gasteiger charge is -2.20. The van der Waals surface area contributed by atoms with Gasteiger partial charge in [-0.05, 0) is 18.8 Å². The summed E-state index contributed by atoms with van der Waals surface area (Å²) in [5, 5.41) is 0.854. The Balaban J connectivity index is 2.17. The van der Waals surface area contributed by atoms with Crippen LogP contribution in [-0.4, -0.2) is 42.9 Å². The number of alkyl halides is 1.